The molecule has 9 nitrogen and oxygen atoms in total. The molecule has 9 heteroatoms. The van der Waals surface area contributed by atoms with Gasteiger partial charge in [0.1, 0.15) is 24.4 Å². The molecular formula is C70H139NO8. The third-order valence-corrected chi connectivity index (χ3v) is 17.7. The van der Waals surface area contributed by atoms with E-state index >= 15 is 0 Å². The minimum atomic E-state index is -1.55. The molecule has 1 rings (SSSR count). The van der Waals surface area contributed by atoms with Crippen LogP contribution < -0.4 is 5.32 Å². The molecule has 0 bridgehead atoms. The summed E-state index contributed by atoms with van der Waals surface area (Å²) < 4.78 is 11.4. The molecule has 7 atom stereocenters. The lowest BCUT2D eigenvalue weighted by molar-refractivity contribution is -0.302. The normalized spacial score (nSPS) is 18.4. The van der Waals surface area contributed by atoms with Gasteiger partial charge in [-0.25, -0.2) is 0 Å². The smallest absolute Gasteiger partial charge is 0.220 e. The summed E-state index contributed by atoms with van der Waals surface area (Å²) in [4.78, 5) is 13.1. The fourth-order valence-electron chi connectivity index (χ4n) is 12.1. The predicted molar refractivity (Wildman–Crippen MR) is 337 cm³/mol. The van der Waals surface area contributed by atoms with Gasteiger partial charge < -0.3 is 40.3 Å². The zero-order chi connectivity index (χ0) is 57.2. The maximum absolute atomic E-state index is 13.1. The van der Waals surface area contributed by atoms with Crippen LogP contribution in [-0.2, 0) is 14.3 Å². The van der Waals surface area contributed by atoms with E-state index in [1.54, 1.807) is 0 Å². The minimum Gasteiger partial charge on any atom is -0.394 e. The van der Waals surface area contributed by atoms with Crippen molar-refractivity contribution in [1.82, 2.24) is 5.32 Å². The average Bonchev–Trinajstić information content (AvgIpc) is 3.46. The number of ether oxygens (including phenoxy) is 2. The van der Waals surface area contributed by atoms with Crippen LogP contribution in [0.3, 0.4) is 0 Å². The van der Waals surface area contributed by atoms with E-state index in [0.29, 0.717) is 12.8 Å². The molecule has 1 heterocycles. The van der Waals surface area contributed by atoms with Gasteiger partial charge in [0.05, 0.1) is 25.4 Å². The van der Waals surface area contributed by atoms with Crippen LogP contribution in [-0.4, -0.2) is 87.5 Å². The van der Waals surface area contributed by atoms with Gasteiger partial charge in [0.2, 0.25) is 5.91 Å². The van der Waals surface area contributed by atoms with Crippen molar-refractivity contribution >= 4 is 5.91 Å². The molecule has 0 saturated carbocycles. The van der Waals surface area contributed by atoms with Crippen molar-refractivity contribution in [1.29, 1.82) is 0 Å². The minimum absolute atomic E-state index is 0.130. The molecule has 1 aliphatic rings. The Morgan fingerprint density at radius 1 is 0.380 bits per heavy atom. The van der Waals surface area contributed by atoms with Gasteiger partial charge in [0.25, 0.3) is 0 Å². The maximum atomic E-state index is 13.1. The molecular weight excluding hydrogens is 983 g/mol. The van der Waals surface area contributed by atoms with E-state index < -0.39 is 49.5 Å². The molecule has 1 aliphatic heterocycles. The third-order valence-electron chi connectivity index (χ3n) is 17.7. The van der Waals surface area contributed by atoms with Crippen molar-refractivity contribution in [3.8, 4) is 0 Å². The summed E-state index contributed by atoms with van der Waals surface area (Å²) in [7, 11) is 0. The summed E-state index contributed by atoms with van der Waals surface area (Å²) >= 11 is 0. The molecule has 1 fully saturated rings. The summed E-state index contributed by atoms with van der Waals surface area (Å²) in [5.74, 6) is -0.133. The number of hydrogen-bond acceptors (Lipinski definition) is 8. The van der Waals surface area contributed by atoms with Gasteiger partial charge in [0.15, 0.2) is 6.29 Å². The van der Waals surface area contributed by atoms with Crippen LogP contribution in [0.2, 0.25) is 0 Å². The Kier molecular flexibility index (Phi) is 58.2. The second kappa shape index (κ2) is 60.3. The quantitative estimate of drug-likeness (QED) is 0.0330. The van der Waals surface area contributed by atoms with E-state index in [9.17, 15) is 30.3 Å². The van der Waals surface area contributed by atoms with Crippen LogP contribution in [0.1, 0.15) is 386 Å². The number of nitrogens with one attached hydrogen (secondary N) is 1. The Morgan fingerprint density at radius 3 is 0.899 bits per heavy atom. The van der Waals surface area contributed by atoms with E-state index in [1.165, 1.54) is 321 Å². The van der Waals surface area contributed by atoms with Crippen LogP contribution in [0.5, 0.6) is 0 Å². The first-order valence-electron chi connectivity index (χ1n) is 35.7. The molecule has 1 amide bonds. The number of rotatable bonds is 64. The van der Waals surface area contributed by atoms with E-state index in [1.807, 2.05) is 0 Å². The molecule has 0 radical (unpaired) electrons. The summed E-state index contributed by atoms with van der Waals surface area (Å²) in [5, 5.41) is 54.9. The number of hydrogen-bond donors (Lipinski definition) is 6. The van der Waals surface area contributed by atoms with E-state index in [0.717, 1.165) is 38.5 Å². The standard InChI is InChI=1S/C70H139NO8/c1-3-5-7-9-11-13-15-17-19-21-23-25-26-27-28-29-30-31-32-33-34-35-36-37-38-39-40-42-44-46-48-50-52-54-56-58-60-66(74)71-63(62-78-70-69(77)68(76)67(75)65(61-72)79-70)64(73)59-57-55-53-51-49-47-45-43-41-24-22-20-18-16-14-12-10-8-6-4-2/h63-65,67-70,72-73,75-77H,3-62H2,1-2H3,(H,71,74). The second-order valence-electron chi connectivity index (χ2n) is 25.4. The summed E-state index contributed by atoms with van der Waals surface area (Å²) in [6.07, 6.45) is 69.0. The Bertz CT molecular complexity index is 1210. The fourth-order valence-corrected chi connectivity index (χ4v) is 12.1. The summed E-state index contributed by atoms with van der Waals surface area (Å²) in [6, 6.07) is -0.715. The number of unbranched alkanes of at least 4 members (excludes halogenated alkanes) is 54. The van der Waals surface area contributed by atoms with Crippen LogP contribution in [0, 0.1) is 0 Å². The van der Waals surface area contributed by atoms with E-state index in [-0.39, 0.29) is 12.5 Å². The second-order valence-corrected chi connectivity index (χ2v) is 25.4. The molecule has 7 unspecified atom stereocenters. The van der Waals surface area contributed by atoms with Crippen molar-refractivity contribution in [3.05, 3.63) is 0 Å². The highest BCUT2D eigenvalue weighted by Gasteiger charge is 2.44. The highest BCUT2D eigenvalue weighted by molar-refractivity contribution is 5.76. The topological polar surface area (TPSA) is 149 Å². The van der Waals surface area contributed by atoms with Gasteiger partial charge in [-0.3, -0.25) is 4.79 Å². The molecule has 0 aromatic rings. The lowest BCUT2D eigenvalue weighted by Gasteiger charge is -2.40. The van der Waals surface area contributed by atoms with Crippen LogP contribution in [0.15, 0.2) is 0 Å². The number of amides is 1. The largest absolute Gasteiger partial charge is 0.394 e. The zero-order valence-electron chi connectivity index (χ0n) is 52.9. The van der Waals surface area contributed by atoms with Crippen LogP contribution >= 0.6 is 0 Å². The van der Waals surface area contributed by atoms with Gasteiger partial charge in [-0.05, 0) is 12.8 Å². The van der Waals surface area contributed by atoms with Crippen molar-refractivity contribution in [2.45, 2.75) is 429 Å². The van der Waals surface area contributed by atoms with Gasteiger partial charge in [0, 0.05) is 6.42 Å². The van der Waals surface area contributed by atoms with Gasteiger partial charge in [-0.15, -0.1) is 0 Å². The van der Waals surface area contributed by atoms with Gasteiger partial charge in [-0.1, -0.05) is 367 Å². The van der Waals surface area contributed by atoms with E-state index in [2.05, 4.69) is 19.2 Å². The highest BCUT2D eigenvalue weighted by atomic mass is 16.7. The fraction of sp³-hybridized carbons (Fsp3) is 0.986. The zero-order valence-corrected chi connectivity index (χ0v) is 52.9. The number of aliphatic hydroxyl groups excluding tert-OH is 5. The average molecular weight is 1120 g/mol. The first kappa shape index (κ1) is 76.2. The van der Waals surface area contributed by atoms with Crippen LogP contribution in [0.25, 0.3) is 0 Å². The SMILES string of the molecule is CCCCCCCCCCCCCCCCCCCCCCCCCCCCCCCCCCCCCCC(=O)NC(COC1OC(CO)C(O)C(O)C1O)C(O)CCCCCCCCCCCCCCCCCCCCCC. The van der Waals surface area contributed by atoms with E-state index in [4.69, 9.17) is 9.47 Å². The van der Waals surface area contributed by atoms with Gasteiger partial charge >= 0.3 is 0 Å². The Balaban J connectivity index is 2.04. The summed E-state index contributed by atoms with van der Waals surface area (Å²) in [6.45, 7) is 3.91. The maximum Gasteiger partial charge on any atom is 0.220 e. The molecule has 6 N–H and O–H groups in total. The molecule has 0 aromatic carbocycles. The molecule has 1 saturated heterocycles. The number of aliphatic hydroxyl groups is 5. The molecule has 79 heavy (non-hydrogen) atoms. The lowest BCUT2D eigenvalue weighted by atomic mass is 9.99. The number of carbonyl (C=O) groups excluding carboxylic acids is 1. The first-order chi connectivity index (χ1) is 38.8. The van der Waals surface area contributed by atoms with Crippen LogP contribution in [0.4, 0.5) is 0 Å². The van der Waals surface area contributed by atoms with Crippen molar-refractivity contribution in [2.24, 2.45) is 0 Å². The van der Waals surface area contributed by atoms with Crippen molar-refractivity contribution < 1.29 is 39.8 Å². The number of carbonyl (C=O) groups is 1. The first-order valence-corrected chi connectivity index (χ1v) is 35.7. The van der Waals surface area contributed by atoms with Crippen molar-refractivity contribution in [3.63, 3.8) is 0 Å². The Labute approximate surface area is 491 Å². The highest BCUT2D eigenvalue weighted by Crippen LogP contribution is 2.24. The Morgan fingerprint density at radius 2 is 0.633 bits per heavy atom. The van der Waals surface area contributed by atoms with Crippen molar-refractivity contribution in [2.75, 3.05) is 13.2 Å². The molecule has 472 valence electrons. The molecule has 0 spiro atoms. The Hall–Kier alpha value is -0.810. The molecule has 0 aliphatic carbocycles. The summed E-state index contributed by atoms with van der Waals surface area (Å²) in [5.41, 5.74) is 0. The third kappa shape index (κ3) is 49.2. The predicted octanol–water partition coefficient (Wildman–Crippen LogP) is 19.3. The molecule has 0 aromatic heterocycles. The lowest BCUT2D eigenvalue weighted by Crippen LogP contribution is -2.60. The van der Waals surface area contributed by atoms with Gasteiger partial charge in [-0.2, -0.15) is 0 Å². The monoisotopic (exact) mass is 1120 g/mol.